The van der Waals surface area contributed by atoms with Crippen molar-refractivity contribution in [2.24, 2.45) is 0 Å². The summed E-state index contributed by atoms with van der Waals surface area (Å²) in [4.78, 5) is 15.6. The van der Waals surface area contributed by atoms with Gasteiger partial charge in [-0.2, -0.15) is 0 Å². The maximum atomic E-state index is 14.0. The fourth-order valence-electron chi connectivity index (χ4n) is 7.37. The van der Waals surface area contributed by atoms with Gasteiger partial charge < -0.3 is 4.42 Å². The largest absolute Gasteiger partial charge is 0.455 e. The molecule has 2 aromatic heterocycles. The van der Waals surface area contributed by atoms with Crippen LogP contribution < -0.4 is 0 Å². The first-order valence-corrected chi connectivity index (χ1v) is 17.9. The van der Waals surface area contributed by atoms with E-state index in [1.54, 1.807) is 12.1 Å². The lowest BCUT2D eigenvalue weighted by molar-refractivity contribution is 0.628. The molecule has 0 saturated carbocycles. The highest BCUT2D eigenvalue weighted by atomic mass is 19.1. The Morgan fingerprint density at radius 3 is 1.63 bits per heavy atom. The number of furan rings is 1. The summed E-state index contributed by atoms with van der Waals surface area (Å²) < 4.78 is 20.7. The van der Waals surface area contributed by atoms with Gasteiger partial charge in [0.2, 0.25) is 0 Å². The van der Waals surface area contributed by atoms with Crippen LogP contribution in [0.15, 0.2) is 186 Å². The van der Waals surface area contributed by atoms with Crippen molar-refractivity contribution in [3.8, 4) is 67.5 Å². The van der Waals surface area contributed by atoms with E-state index in [-0.39, 0.29) is 5.82 Å². The summed E-state index contributed by atoms with van der Waals surface area (Å²) in [5.41, 5.74) is 10.4. The van der Waals surface area contributed by atoms with Crippen LogP contribution >= 0.6 is 0 Å². The predicted octanol–water partition coefficient (Wildman–Crippen LogP) is 13.1. The summed E-state index contributed by atoms with van der Waals surface area (Å²) in [5, 5.41) is 3.95. The Balaban J connectivity index is 1.22. The molecule has 0 spiro atoms. The quantitative estimate of drug-likeness (QED) is 0.174. The molecule has 0 aliphatic rings. The van der Waals surface area contributed by atoms with E-state index in [4.69, 9.17) is 19.4 Å². The third kappa shape index (κ3) is 5.60. The average Bonchev–Trinajstić information content (AvgIpc) is 3.62. The number of aromatic nitrogens is 3. The molecule has 0 saturated heterocycles. The normalized spacial score (nSPS) is 11.4. The SMILES string of the molecule is Fc1ccc(-c2ccccc2-c2nc(-c3cccc(-c4ccccc4)c3)nc(-c3cc4c5ccc(-c6ccccc6)cc5oc4c4ccccc34)n2)cc1. The number of rotatable bonds is 6. The van der Waals surface area contributed by atoms with Crippen molar-refractivity contribution in [2.45, 2.75) is 0 Å². The topological polar surface area (TPSA) is 51.8 Å². The van der Waals surface area contributed by atoms with Crippen molar-refractivity contribution in [1.29, 1.82) is 0 Å². The van der Waals surface area contributed by atoms with Crippen molar-refractivity contribution < 1.29 is 8.81 Å². The van der Waals surface area contributed by atoms with Gasteiger partial charge in [0.15, 0.2) is 17.5 Å². The maximum absolute atomic E-state index is 14.0. The van der Waals surface area contributed by atoms with Gasteiger partial charge in [-0.25, -0.2) is 19.3 Å². The molecule has 0 N–H and O–H groups in total. The number of hydrogen-bond donors (Lipinski definition) is 0. The third-order valence-corrected chi connectivity index (χ3v) is 10.0. The smallest absolute Gasteiger partial charge is 0.164 e. The van der Waals surface area contributed by atoms with E-state index in [9.17, 15) is 4.39 Å². The molecule has 5 heteroatoms. The first-order valence-electron chi connectivity index (χ1n) is 17.9. The van der Waals surface area contributed by atoms with Crippen LogP contribution in [-0.2, 0) is 0 Å². The summed E-state index contributed by atoms with van der Waals surface area (Å²) in [7, 11) is 0. The molecule has 10 rings (SSSR count). The Hall–Kier alpha value is -7.24. The Bertz CT molecular complexity index is 2990. The Kier molecular flexibility index (Phi) is 7.62. The third-order valence-electron chi connectivity index (χ3n) is 10.0. The van der Waals surface area contributed by atoms with Gasteiger partial charge in [-0.1, -0.05) is 146 Å². The number of halogens is 1. The molecule has 0 aliphatic carbocycles. The maximum Gasteiger partial charge on any atom is 0.164 e. The molecule has 0 bridgehead atoms. The van der Waals surface area contributed by atoms with Gasteiger partial charge in [-0.15, -0.1) is 0 Å². The minimum absolute atomic E-state index is 0.287. The summed E-state index contributed by atoms with van der Waals surface area (Å²) >= 11 is 0. The van der Waals surface area contributed by atoms with Crippen LogP contribution in [0.4, 0.5) is 4.39 Å². The van der Waals surface area contributed by atoms with E-state index in [0.29, 0.717) is 17.5 Å². The molecule has 8 aromatic carbocycles. The number of benzene rings is 8. The van der Waals surface area contributed by atoms with E-state index >= 15 is 0 Å². The summed E-state index contributed by atoms with van der Waals surface area (Å²) in [6, 6.07) is 60.2. The van der Waals surface area contributed by atoms with Crippen molar-refractivity contribution in [3.05, 3.63) is 188 Å². The fraction of sp³-hybridized carbons (Fsp3) is 0. The van der Waals surface area contributed by atoms with Gasteiger partial charge in [-0.05, 0) is 75.2 Å². The number of nitrogens with zero attached hydrogens (tertiary/aromatic N) is 3. The Morgan fingerprint density at radius 2 is 0.889 bits per heavy atom. The molecular weight excluding hydrogens is 666 g/mol. The molecule has 54 heavy (non-hydrogen) atoms. The number of hydrogen-bond acceptors (Lipinski definition) is 4. The van der Waals surface area contributed by atoms with Crippen LogP contribution in [-0.4, -0.2) is 15.0 Å². The van der Waals surface area contributed by atoms with E-state index in [1.807, 2.05) is 84.9 Å². The van der Waals surface area contributed by atoms with Crippen molar-refractivity contribution in [2.75, 3.05) is 0 Å². The summed E-state index contributed by atoms with van der Waals surface area (Å²) in [5.74, 6) is 1.33. The van der Waals surface area contributed by atoms with Crippen LogP contribution in [0.3, 0.4) is 0 Å². The lowest BCUT2D eigenvalue weighted by Crippen LogP contribution is -2.01. The lowest BCUT2D eigenvalue weighted by atomic mass is 9.97. The van der Waals surface area contributed by atoms with Crippen molar-refractivity contribution in [3.63, 3.8) is 0 Å². The highest BCUT2D eigenvalue weighted by molar-refractivity contribution is 6.19. The second-order valence-electron chi connectivity index (χ2n) is 13.3. The number of fused-ring (bicyclic) bond motifs is 5. The first-order chi connectivity index (χ1) is 26.7. The van der Waals surface area contributed by atoms with Crippen molar-refractivity contribution >= 4 is 32.7 Å². The van der Waals surface area contributed by atoms with Gasteiger partial charge >= 0.3 is 0 Å². The van der Waals surface area contributed by atoms with Gasteiger partial charge in [0.25, 0.3) is 0 Å². The van der Waals surface area contributed by atoms with Crippen LogP contribution in [0.5, 0.6) is 0 Å². The molecular formula is C49H30FN3O. The van der Waals surface area contributed by atoms with E-state index < -0.39 is 0 Å². The minimum Gasteiger partial charge on any atom is -0.455 e. The van der Waals surface area contributed by atoms with Gasteiger partial charge in [0.05, 0.1) is 0 Å². The highest BCUT2D eigenvalue weighted by Crippen LogP contribution is 2.41. The predicted molar refractivity (Wildman–Crippen MR) is 217 cm³/mol. The zero-order chi connectivity index (χ0) is 36.0. The van der Waals surface area contributed by atoms with Crippen LogP contribution in [0.1, 0.15) is 0 Å². The van der Waals surface area contributed by atoms with Crippen LogP contribution in [0.25, 0.3) is 100 Å². The Labute approximate surface area is 310 Å². The van der Waals surface area contributed by atoms with Crippen LogP contribution in [0.2, 0.25) is 0 Å². The highest BCUT2D eigenvalue weighted by Gasteiger charge is 2.20. The molecule has 254 valence electrons. The van der Waals surface area contributed by atoms with Crippen LogP contribution in [0, 0.1) is 5.82 Å². The standard InChI is InChI=1S/C49H30FN3O/c50-37-25-22-33(23-26-37)38-18-7-10-21-42(38)48-51-47(36-17-11-16-34(28-36)31-12-3-1-4-13-31)52-49(53-48)44-30-43-40-27-24-35(32-14-5-2-6-15-32)29-45(40)54-46(43)41-20-9-8-19-39(41)44/h1-30H. The Morgan fingerprint density at radius 1 is 0.333 bits per heavy atom. The molecule has 0 aliphatic heterocycles. The molecule has 0 atom stereocenters. The molecule has 2 heterocycles. The molecule has 4 nitrogen and oxygen atoms in total. The van der Waals surface area contributed by atoms with E-state index in [2.05, 4.69) is 72.8 Å². The van der Waals surface area contributed by atoms with Gasteiger partial charge in [0.1, 0.15) is 17.0 Å². The summed E-state index contributed by atoms with van der Waals surface area (Å²) in [6.45, 7) is 0. The second kappa shape index (κ2) is 13.1. The molecule has 10 aromatic rings. The first kappa shape index (κ1) is 31.5. The average molecular weight is 696 g/mol. The van der Waals surface area contributed by atoms with Gasteiger partial charge in [-0.3, -0.25) is 0 Å². The van der Waals surface area contributed by atoms with E-state index in [1.165, 1.54) is 12.1 Å². The minimum atomic E-state index is -0.287. The van der Waals surface area contributed by atoms with Crippen molar-refractivity contribution in [1.82, 2.24) is 15.0 Å². The fourth-order valence-corrected chi connectivity index (χ4v) is 7.37. The lowest BCUT2D eigenvalue weighted by Gasteiger charge is -2.13. The van der Waals surface area contributed by atoms with Gasteiger partial charge in [0, 0.05) is 32.8 Å². The second-order valence-corrected chi connectivity index (χ2v) is 13.3. The zero-order valence-corrected chi connectivity index (χ0v) is 28.9. The van der Waals surface area contributed by atoms with E-state index in [0.717, 1.165) is 82.8 Å². The molecule has 0 unspecified atom stereocenters. The molecule has 0 amide bonds. The monoisotopic (exact) mass is 695 g/mol. The zero-order valence-electron chi connectivity index (χ0n) is 28.9. The molecule has 0 fully saturated rings. The molecule has 0 radical (unpaired) electrons. The summed E-state index contributed by atoms with van der Waals surface area (Å²) in [6.07, 6.45) is 0.